The van der Waals surface area contributed by atoms with E-state index in [1.807, 2.05) is 67.6 Å². The highest BCUT2D eigenvalue weighted by Crippen LogP contribution is 2.31. The highest BCUT2D eigenvalue weighted by Gasteiger charge is 2.33. The van der Waals surface area contributed by atoms with E-state index in [9.17, 15) is 9.59 Å². The topological polar surface area (TPSA) is 69.9 Å². The fraction of sp³-hybridized carbons (Fsp3) is 0.296. The van der Waals surface area contributed by atoms with Crippen LogP contribution in [0.4, 0.5) is 0 Å². The van der Waals surface area contributed by atoms with Crippen molar-refractivity contribution in [1.82, 2.24) is 4.57 Å². The highest BCUT2D eigenvalue weighted by atomic mass is 32.1. The van der Waals surface area contributed by atoms with Crippen LogP contribution in [-0.4, -0.2) is 24.3 Å². The summed E-state index contributed by atoms with van der Waals surface area (Å²) in [7, 11) is 1.35. The van der Waals surface area contributed by atoms with E-state index in [2.05, 4.69) is 13.8 Å². The maximum Gasteiger partial charge on any atom is 0.338 e. The molecule has 0 unspecified atom stereocenters. The van der Waals surface area contributed by atoms with Gasteiger partial charge in [0.1, 0.15) is 5.75 Å². The normalized spacial score (nSPS) is 15.8. The molecule has 0 N–H and O–H groups in total. The van der Waals surface area contributed by atoms with Crippen molar-refractivity contribution in [2.24, 2.45) is 10.9 Å². The van der Waals surface area contributed by atoms with Gasteiger partial charge in [0, 0.05) is 5.56 Å². The highest BCUT2D eigenvalue weighted by molar-refractivity contribution is 7.07. The third-order valence-corrected chi connectivity index (χ3v) is 6.53. The van der Waals surface area contributed by atoms with Crippen LogP contribution in [0.5, 0.6) is 5.75 Å². The Balaban J connectivity index is 1.92. The van der Waals surface area contributed by atoms with Crippen LogP contribution in [0.2, 0.25) is 0 Å². The van der Waals surface area contributed by atoms with Gasteiger partial charge in [-0.15, -0.1) is 0 Å². The Bertz CT molecular complexity index is 1400. The van der Waals surface area contributed by atoms with Crippen molar-refractivity contribution in [1.29, 1.82) is 0 Å². The van der Waals surface area contributed by atoms with Crippen LogP contribution in [0.25, 0.3) is 6.08 Å². The lowest BCUT2D eigenvalue weighted by Crippen LogP contribution is -2.40. The Morgan fingerprint density at radius 3 is 2.53 bits per heavy atom. The van der Waals surface area contributed by atoms with Gasteiger partial charge in [-0.3, -0.25) is 9.36 Å². The Kier molecular flexibility index (Phi) is 7.12. The van der Waals surface area contributed by atoms with E-state index in [1.54, 1.807) is 4.57 Å². The maximum absolute atomic E-state index is 13.7. The van der Waals surface area contributed by atoms with Crippen molar-refractivity contribution in [3.8, 4) is 5.75 Å². The zero-order valence-corrected chi connectivity index (χ0v) is 20.6. The molecule has 0 radical (unpaired) electrons. The number of esters is 1. The molecule has 0 spiro atoms. The predicted molar refractivity (Wildman–Crippen MR) is 134 cm³/mol. The zero-order chi connectivity index (χ0) is 24.2. The first kappa shape index (κ1) is 23.7. The van der Waals surface area contributed by atoms with Crippen molar-refractivity contribution in [3.05, 3.63) is 96.7 Å². The summed E-state index contributed by atoms with van der Waals surface area (Å²) in [6, 6.07) is 16.6. The second-order valence-electron chi connectivity index (χ2n) is 8.44. The lowest BCUT2D eigenvalue weighted by atomic mass is 9.95. The zero-order valence-electron chi connectivity index (χ0n) is 19.8. The van der Waals surface area contributed by atoms with E-state index in [0.29, 0.717) is 39.5 Å². The van der Waals surface area contributed by atoms with E-state index in [1.165, 1.54) is 18.4 Å². The number of fused-ring (bicyclic) bond motifs is 1. The lowest BCUT2D eigenvalue weighted by Gasteiger charge is -2.25. The average molecular weight is 477 g/mol. The second-order valence-corrected chi connectivity index (χ2v) is 9.45. The molecule has 0 saturated heterocycles. The number of aromatic nitrogens is 1. The summed E-state index contributed by atoms with van der Waals surface area (Å²) in [5, 5.41) is 0. The van der Waals surface area contributed by atoms with Crippen LogP contribution in [0.1, 0.15) is 44.4 Å². The number of methoxy groups -OCH3 is 1. The lowest BCUT2D eigenvalue weighted by molar-refractivity contribution is -0.136. The number of benzene rings is 2. The van der Waals surface area contributed by atoms with Crippen LogP contribution in [0.15, 0.2) is 75.7 Å². The number of para-hydroxylation sites is 1. The SMILES string of the molecule is CCC1=C(C(=O)OC)[C@@H](c2ccccc2)n2c(s/c(=C/c3ccccc3OCC(C)C)c2=O)=N1. The van der Waals surface area contributed by atoms with E-state index in [0.717, 1.165) is 16.9 Å². The van der Waals surface area contributed by atoms with Crippen LogP contribution < -0.4 is 19.6 Å². The van der Waals surface area contributed by atoms with E-state index in [4.69, 9.17) is 14.5 Å². The minimum atomic E-state index is -0.602. The number of carbonyl (C=O) groups is 1. The monoisotopic (exact) mass is 476 g/mol. The van der Waals surface area contributed by atoms with Crippen molar-refractivity contribution < 1.29 is 14.3 Å². The summed E-state index contributed by atoms with van der Waals surface area (Å²) in [5.41, 5.74) is 2.49. The number of ether oxygens (including phenoxy) is 2. The first-order valence-electron chi connectivity index (χ1n) is 11.3. The summed E-state index contributed by atoms with van der Waals surface area (Å²) in [4.78, 5) is 31.8. The summed E-state index contributed by atoms with van der Waals surface area (Å²) in [5.74, 6) is 0.635. The van der Waals surface area contributed by atoms with Crippen LogP contribution in [0.3, 0.4) is 0 Å². The van der Waals surface area contributed by atoms with Gasteiger partial charge in [0.2, 0.25) is 0 Å². The van der Waals surface area contributed by atoms with Gasteiger partial charge in [0.15, 0.2) is 4.80 Å². The number of hydrogen-bond donors (Lipinski definition) is 0. The quantitative estimate of drug-likeness (QED) is 0.486. The molecule has 2 heterocycles. The molecule has 2 aromatic carbocycles. The molecule has 7 heteroatoms. The van der Waals surface area contributed by atoms with Crippen LogP contribution in [0, 0.1) is 5.92 Å². The summed E-state index contributed by atoms with van der Waals surface area (Å²) in [6.45, 7) is 6.71. The molecule has 3 aromatic rings. The van der Waals surface area contributed by atoms with Crippen molar-refractivity contribution in [3.63, 3.8) is 0 Å². The molecule has 0 bridgehead atoms. The fourth-order valence-electron chi connectivity index (χ4n) is 3.94. The van der Waals surface area contributed by atoms with Crippen LogP contribution in [-0.2, 0) is 9.53 Å². The number of nitrogens with zero attached hydrogens (tertiary/aromatic N) is 2. The summed E-state index contributed by atoms with van der Waals surface area (Å²) < 4.78 is 13.2. The first-order chi connectivity index (χ1) is 16.4. The third-order valence-electron chi connectivity index (χ3n) is 5.54. The fourth-order valence-corrected chi connectivity index (χ4v) is 4.95. The molecule has 34 heavy (non-hydrogen) atoms. The van der Waals surface area contributed by atoms with Gasteiger partial charge >= 0.3 is 5.97 Å². The molecule has 0 amide bonds. The molecule has 0 saturated carbocycles. The summed E-state index contributed by atoms with van der Waals surface area (Å²) in [6.07, 6.45) is 2.39. The number of allylic oxidation sites excluding steroid dienone is 1. The smallest absolute Gasteiger partial charge is 0.338 e. The molecule has 4 rings (SSSR count). The Hall–Kier alpha value is -3.45. The molecule has 0 aliphatic carbocycles. The molecule has 1 aliphatic heterocycles. The second kappa shape index (κ2) is 10.2. The maximum atomic E-state index is 13.7. The van der Waals surface area contributed by atoms with Gasteiger partial charge in [0.05, 0.1) is 35.6 Å². The first-order valence-corrected chi connectivity index (χ1v) is 12.2. The van der Waals surface area contributed by atoms with Crippen LogP contribution >= 0.6 is 11.3 Å². The van der Waals surface area contributed by atoms with Gasteiger partial charge in [-0.25, -0.2) is 9.79 Å². The third kappa shape index (κ3) is 4.61. The van der Waals surface area contributed by atoms with E-state index in [-0.39, 0.29) is 5.56 Å². The number of rotatable bonds is 7. The Morgan fingerprint density at radius 2 is 1.85 bits per heavy atom. The predicted octanol–water partition coefficient (Wildman–Crippen LogP) is 3.83. The largest absolute Gasteiger partial charge is 0.493 e. The molecule has 176 valence electrons. The Morgan fingerprint density at radius 1 is 1.15 bits per heavy atom. The van der Waals surface area contributed by atoms with Gasteiger partial charge < -0.3 is 9.47 Å². The Labute approximate surface area is 202 Å². The molecule has 1 aromatic heterocycles. The van der Waals surface area contributed by atoms with Gasteiger partial charge in [-0.2, -0.15) is 0 Å². The molecule has 1 atom stereocenters. The van der Waals surface area contributed by atoms with Gasteiger partial charge in [-0.05, 0) is 30.0 Å². The molecule has 1 aliphatic rings. The van der Waals surface area contributed by atoms with Gasteiger partial charge in [0.25, 0.3) is 5.56 Å². The summed E-state index contributed by atoms with van der Waals surface area (Å²) >= 11 is 1.32. The van der Waals surface area contributed by atoms with Crippen molar-refractivity contribution in [2.75, 3.05) is 13.7 Å². The average Bonchev–Trinajstić information content (AvgIpc) is 3.16. The molecule has 6 nitrogen and oxygen atoms in total. The number of hydrogen-bond acceptors (Lipinski definition) is 6. The standard InChI is InChI=1S/C27H28N2O4S/c1-5-20-23(26(31)32-4)24(18-11-7-6-8-12-18)29-25(30)22(34-27(29)28-20)15-19-13-9-10-14-21(19)33-16-17(2)3/h6-15,17,24H,5,16H2,1-4H3/b22-15+/t24-/m1/s1. The number of thiazole rings is 1. The molecule has 0 fully saturated rings. The van der Waals surface area contributed by atoms with E-state index >= 15 is 0 Å². The number of carbonyl (C=O) groups excluding carboxylic acids is 1. The minimum Gasteiger partial charge on any atom is -0.493 e. The van der Waals surface area contributed by atoms with Crippen molar-refractivity contribution >= 4 is 23.4 Å². The van der Waals surface area contributed by atoms with Gasteiger partial charge in [-0.1, -0.05) is 80.6 Å². The minimum absolute atomic E-state index is 0.201. The van der Waals surface area contributed by atoms with Crippen molar-refractivity contribution in [2.45, 2.75) is 33.2 Å². The molecular weight excluding hydrogens is 448 g/mol. The van der Waals surface area contributed by atoms with E-state index < -0.39 is 12.0 Å². The molecular formula is C27H28N2O4S.